The number of morpholine rings is 1. The lowest BCUT2D eigenvalue weighted by Crippen LogP contribution is -2.35. The number of allylic oxidation sites excluding steroid dienone is 2. The normalized spacial score (nSPS) is 14.4. The monoisotopic (exact) mass is 459 g/mol. The largest absolute Gasteiger partial charge is 0.378 e. The van der Waals surface area contributed by atoms with Crippen molar-refractivity contribution in [1.29, 1.82) is 0 Å². The van der Waals surface area contributed by atoms with E-state index < -0.39 is 0 Å². The lowest BCUT2D eigenvalue weighted by molar-refractivity contribution is 0.0640. The molecule has 0 aromatic heterocycles. The van der Waals surface area contributed by atoms with Crippen LogP contribution in [0.3, 0.4) is 0 Å². The molecule has 1 heterocycles. The fraction of sp³-hybridized carbons (Fsp3) is 0.500. The van der Waals surface area contributed by atoms with Crippen LogP contribution in [0.2, 0.25) is 0 Å². The van der Waals surface area contributed by atoms with Gasteiger partial charge in [-0.15, -0.1) is 0 Å². The number of nitrogens with zero attached hydrogens (tertiary/aromatic N) is 1. The molecule has 2 aromatic carbocycles. The van der Waals surface area contributed by atoms with Gasteiger partial charge in [0.2, 0.25) is 0 Å². The molecule has 2 heteroatoms. The van der Waals surface area contributed by atoms with Crippen LogP contribution in [-0.4, -0.2) is 31.2 Å². The predicted octanol–water partition coefficient (Wildman–Crippen LogP) is 8.32. The Morgan fingerprint density at radius 3 is 1.74 bits per heavy atom. The van der Waals surface area contributed by atoms with Gasteiger partial charge in [0.25, 0.3) is 0 Å². The molecule has 0 amide bonds. The van der Waals surface area contributed by atoms with Crippen molar-refractivity contribution in [2.75, 3.05) is 26.3 Å². The lowest BCUT2D eigenvalue weighted by Gasteiger charge is -2.31. The van der Waals surface area contributed by atoms with Gasteiger partial charge in [-0.1, -0.05) is 107 Å². The van der Waals surface area contributed by atoms with Crippen molar-refractivity contribution in [2.45, 2.75) is 78.1 Å². The number of ether oxygens (including phenoxy) is 1. The third kappa shape index (κ3) is 8.47. The Morgan fingerprint density at radius 2 is 1.24 bits per heavy atom. The summed E-state index contributed by atoms with van der Waals surface area (Å²) in [6.45, 7) is 12.4. The zero-order chi connectivity index (χ0) is 24.0. The van der Waals surface area contributed by atoms with E-state index >= 15 is 0 Å². The van der Waals surface area contributed by atoms with Gasteiger partial charge in [0.15, 0.2) is 0 Å². The van der Waals surface area contributed by atoms with E-state index in [1.54, 1.807) is 0 Å². The fourth-order valence-corrected chi connectivity index (χ4v) is 4.65. The molecule has 0 unspecified atom stereocenters. The number of unbranched alkanes of at least 4 members (excludes halogenated alkanes) is 6. The van der Waals surface area contributed by atoms with E-state index in [9.17, 15) is 0 Å². The first-order valence-corrected chi connectivity index (χ1v) is 13.6. The Balaban J connectivity index is 1.71. The van der Waals surface area contributed by atoms with Crippen molar-refractivity contribution in [3.8, 4) is 0 Å². The van der Waals surface area contributed by atoms with Crippen LogP contribution in [-0.2, 0) is 17.6 Å². The van der Waals surface area contributed by atoms with Gasteiger partial charge in [-0.05, 0) is 59.6 Å². The highest BCUT2D eigenvalue weighted by Gasteiger charge is 2.16. The summed E-state index contributed by atoms with van der Waals surface area (Å²) in [4.78, 5) is 2.45. The maximum absolute atomic E-state index is 5.63. The molecule has 0 spiro atoms. The van der Waals surface area contributed by atoms with E-state index in [1.807, 2.05) is 0 Å². The SMILES string of the molecule is C=C(/C=C(/c1ccc(CCCCCC)cc1)N1CCOCC1)c1ccc(CCCCCC)cc1. The zero-order valence-corrected chi connectivity index (χ0v) is 21.7. The second kappa shape index (κ2) is 14.8. The van der Waals surface area contributed by atoms with E-state index in [0.717, 1.165) is 31.9 Å². The van der Waals surface area contributed by atoms with Crippen LogP contribution >= 0.6 is 0 Å². The number of hydrogen-bond acceptors (Lipinski definition) is 2. The van der Waals surface area contributed by atoms with Crippen molar-refractivity contribution in [1.82, 2.24) is 4.90 Å². The van der Waals surface area contributed by atoms with Crippen molar-refractivity contribution in [3.63, 3.8) is 0 Å². The Labute approximate surface area is 208 Å². The predicted molar refractivity (Wildman–Crippen MR) is 148 cm³/mol. The molecule has 34 heavy (non-hydrogen) atoms. The molecular formula is C32H45NO. The number of hydrogen-bond donors (Lipinski definition) is 0. The third-order valence-corrected chi connectivity index (χ3v) is 6.88. The number of aryl methyl sites for hydroxylation is 2. The van der Waals surface area contributed by atoms with E-state index in [-0.39, 0.29) is 0 Å². The average molecular weight is 460 g/mol. The zero-order valence-electron chi connectivity index (χ0n) is 21.7. The summed E-state index contributed by atoms with van der Waals surface area (Å²) in [5.41, 5.74) is 7.68. The summed E-state index contributed by atoms with van der Waals surface area (Å²) in [5.74, 6) is 0. The van der Waals surface area contributed by atoms with Gasteiger partial charge in [0.05, 0.1) is 13.2 Å². The Kier molecular flexibility index (Phi) is 11.5. The van der Waals surface area contributed by atoms with Crippen molar-refractivity contribution < 1.29 is 4.74 Å². The summed E-state index contributed by atoms with van der Waals surface area (Å²) in [6, 6.07) is 18.3. The minimum atomic E-state index is 0.784. The van der Waals surface area contributed by atoms with Gasteiger partial charge in [0.1, 0.15) is 0 Å². The van der Waals surface area contributed by atoms with Crippen LogP contribution in [0, 0.1) is 0 Å². The van der Waals surface area contributed by atoms with Crippen molar-refractivity contribution in [3.05, 3.63) is 83.4 Å². The molecule has 0 N–H and O–H groups in total. The Hall–Kier alpha value is -2.32. The molecule has 1 aliphatic heterocycles. The van der Waals surface area contributed by atoms with Crippen LogP contribution < -0.4 is 0 Å². The first kappa shape index (κ1) is 26.3. The molecule has 2 nitrogen and oxygen atoms in total. The van der Waals surface area contributed by atoms with Crippen LogP contribution in [0.4, 0.5) is 0 Å². The molecule has 2 aromatic rings. The third-order valence-electron chi connectivity index (χ3n) is 6.88. The highest BCUT2D eigenvalue weighted by atomic mass is 16.5. The topological polar surface area (TPSA) is 12.5 Å². The Bertz CT molecular complexity index is 872. The maximum Gasteiger partial charge on any atom is 0.0642 e. The molecular weight excluding hydrogens is 414 g/mol. The van der Waals surface area contributed by atoms with Crippen LogP contribution in [0.1, 0.15) is 87.5 Å². The van der Waals surface area contributed by atoms with Crippen LogP contribution in [0.5, 0.6) is 0 Å². The summed E-state index contributed by atoms with van der Waals surface area (Å²) in [7, 11) is 0. The molecule has 0 atom stereocenters. The Morgan fingerprint density at radius 1 is 0.735 bits per heavy atom. The summed E-state index contributed by atoms with van der Waals surface area (Å²) < 4.78 is 5.63. The molecule has 0 bridgehead atoms. The molecule has 0 radical (unpaired) electrons. The number of rotatable bonds is 14. The smallest absolute Gasteiger partial charge is 0.0642 e. The second-order valence-electron chi connectivity index (χ2n) is 9.67. The van der Waals surface area contributed by atoms with E-state index in [4.69, 9.17) is 4.74 Å². The van der Waals surface area contributed by atoms with Crippen LogP contribution in [0.15, 0.2) is 61.2 Å². The van der Waals surface area contributed by atoms with E-state index in [1.165, 1.54) is 92.2 Å². The molecule has 1 saturated heterocycles. The molecule has 3 rings (SSSR count). The van der Waals surface area contributed by atoms with Crippen LogP contribution in [0.25, 0.3) is 11.3 Å². The van der Waals surface area contributed by atoms with Crippen molar-refractivity contribution >= 4 is 11.3 Å². The number of benzene rings is 2. The van der Waals surface area contributed by atoms with Gasteiger partial charge in [-0.2, -0.15) is 0 Å². The minimum Gasteiger partial charge on any atom is -0.378 e. The molecule has 1 fully saturated rings. The second-order valence-corrected chi connectivity index (χ2v) is 9.67. The van der Waals surface area contributed by atoms with Gasteiger partial charge in [-0.25, -0.2) is 0 Å². The van der Waals surface area contributed by atoms with E-state index in [0.29, 0.717) is 0 Å². The van der Waals surface area contributed by atoms with E-state index in [2.05, 4.69) is 79.9 Å². The van der Waals surface area contributed by atoms with Gasteiger partial charge in [0, 0.05) is 18.8 Å². The van der Waals surface area contributed by atoms with Gasteiger partial charge >= 0.3 is 0 Å². The molecule has 184 valence electrons. The summed E-state index contributed by atoms with van der Waals surface area (Å²) in [5, 5.41) is 0. The average Bonchev–Trinajstić information content (AvgIpc) is 2.89. The van der Waals surface area contributed by atoms with Gasteiger partial charge in [-0.3, -0.25) is 0 Å². The molecule has 0 saturated carbocycles. The van der Waals surface area contributed by atoms with Crippen molar-refractivity contribution in [2.24, 2.45) is 0 Å². The lowest BCUT2D eigenvalue weighted by atomic mass is 9.99. The minimum absolute atomic E-state index is 0.784. The first-order chi connectivity index (χ1) is 16.7. The molecule has 0 aliphatic carbocycles. The highest BCUT2D eigenvalue weighted by Crippen LogP contribution is 2.26. The fourth-order valence-electron chi connectivity index (χ4n) is 4.65. The van der Waals surface area contributed by atoms with Gasteiger partial charge < -0.3 is 9.64 Å². The maximum atomic E-state index is 5.63. The summed E-state index contributed by atoms with van der Waals surface area (Å²) in [6.07, 6.45) is 15.1. The summed E-state index contributed by atoms with van der Waals surface area (Å²) >= 11 is 0. The highest BCUT2D eigenvalue weighted by molar-refractivity contribution is 5.82. The standard InChI is InChI=1S/C32H45NO/c1-4-6-8-10-12-28-14-18-30(19-15-28)27(3)26-32(33-22-24-34-25-23-33)31-20-16-29(17-21-31)13-11-9-7-5-2/h14-21,26H,3-13,22-25H2,1-2H3/b32-26-. The first-order valence-electron chi connectivity index (χ1n) is 13.6. The molecule has 1 aliphatic rings. The quantitative estimate of drug-likeness (QED) is 0.208.